The van der Waals surface area contributed by atoms with E-state index in [4.69, 9.17) is 9.15 Å². The number of hydrogen-bond acceptors (Lipinski definition) is 6. The zero-order valence-corrected chi connectivity index (χ0v) is 8.54. The number of nitro groups is 1. The average Bonchev–Trinajstić information content (AvgIpc) is 2.76. The van der Waals surface area contributed by atoms with Crippen molar-refractivity contribution in [3.8, 4) is 0 Å². The van der Waals surface area contributed by atoms with Crippen LogP contribution in [0.1, 0.15) is 5.76 Å². The first-order valence-electron chi connectivity index (χ1n) is 4.86. The molecular formula is C9H11N3O4. The molecule has 1 fully saturated rings. The van der Waals surface area contributed by atoms with Crippen molar-refractivity contribution in [3.05, 3.63) is 28.0 Å². The number of rotatable bonds is 3. The number of ether oxygens (including phenoxy) is 1. The van der Waals surface area contributed by atoms with Gasteiger partial charge in [-0.3, -0.25) is 15.1 Å². The Morgan fingerprint density at radius 1 is 1.44 bits per heavy atom. The second kappa shape index (κ2) is 4.75. The van der Waals surface area contributed by atoms with Crippen LogP contribution in [0.3, 0.4) is 0 Å². The molecule has 0 N–H and O–H groups in total. The summed E-state index contributed by atoms with van der Waals surface area (Å²) < 4.78 is 10.1. The van der Waals surface area contributed by atoms with E-state index in [1.165, 1.54) is 18.3 Å². The summed E-state index contributed by atoms with van der Waals surface area (Å²) in [4.78, 5) is 9.78. The fraction of sp³-hybridized carbons (Fsp3) is 0.444. The third kappa shape index (κ3) is 2.57. The molecule has 1 aromatic rings. The number of furan rings is 1. The molecule has 16 heavy (non-hydrogen) atoms. The fourth-order valence-corrected chi connectivity index (χ4v) is 1.32. The molecule has 1 aromatic heterocycles. The number of nitrogens with zero attached hydrogens (tertiary/aromatic N) is 3. The Balaban J connectivity index is 1.96. The Morgan fingerprint density at radius 2 is 2.19 bits per heavy atom. The predicted octanol–water partition coefficient (Wildman–Crippen LogP) is 0.854. The van der Waals surface area contributed by atoms with Gasteiger partial charge in [0.15, 0.2) is 5.76 Å². The highest BCUT2D eigenvalue weighted by molar-refractivity contribution is 5.75. The van der Waals surface area contributed by atoms with Gasteiger partial charge in [-0.05, 0) is 6.07 Å². The third-order valence-electron chi connectivity index (χ3n) is 2.13. The predicted molar refractivity (Wildman–Crippen MR) is 55.3 cm³/mol. The lowest BCUT2D eigenvalue weighted by atomic mass is 10.5. The Kier molecular flexibility index (Phi) is 3.16. The number of morpholine rings is 1. The fourth-order valence-electron chi connectivity index (χ4n) is 1.32. The first-order valence-corrected chi connectivity index (χ1v) is 4.86. The van der Waals surface area contributed by atoms with Crippen LogP contribution in [0.25, 0.3) is 0 Å². The molecular weight excluding hydrogens is 214 g/mol. The molecule has 0 bridgehead atoms. The zero-order chi connectivity index (χ0) is 11.4. The summed E-state index contributed by atoms with van der Waals surface area (Å²) in [6, 6.07) is 2.82. The van der Waals surface area contributed by atoms with Gasteiger partial charge in [0, 0.05) is 0 Å². The maximum absolute atomic E-state index is 10.4. The van der Waals surface area contributed by atoms with Crippen molar-refractivity contribution in [3.63, 3.8) is 0 Å². The summed E-state index contributed by atoms with van der Waals surface area (Å²) in [5.74, 6) is 0.0987. The first kappa shape index (κ1) is 10.6. The van der Waals surface area contributed by atoms with E-state index in [-0.39, 0.29) is 5.88 Å². The molecule has 2 rings (SSSR count). The molecule has 7 heteroatoms. The van der Waals surface area contributed by atoms with Crippen LogP contribution >= 0.6 is 0 Å². The maximum atomic E-state index is 10.4. The zero-order valence-electron chi connectivity index (χ0n) is 8.54. The van der Waals surface area contributed by atoms with Gasteiger partial charge >= 0.3 is 5.88 Å². The van der Waals surface area contributed by atoms with Gasteiger partial charge in [0.25, 0.3) is 0 Å². The van der Waals surface area contributed by atoms with Crippen molar-refractivity contribution >= 4 is 12.1 Å². The quantitative estimate of drug-likeness (QED) is 0.433. The van der Waals surface area contributed by atoms with Crippen LogP contribution in [0, 0.1) is 10.1 Å². The minimum absolute atomic E-state index is 0.275. The second-order valence-corrected chi connectivity index (χ2v) is 3.24. The van der Waals surface area contributed by atoms with Gasteiger partial charge in [-0.15, -0.1) is 0 Å². The third-order valence-corrected chi connectivity index (χ3v) is 2.13. The van der Waals surface area contributed by atoms with Gasteiger partial charge in [-0.25, -0.2) is 0 Å². The first-order chi connectivity index (χ1) is 7.75. The lowest BCUT2D eigenvalue weighted by Gasteiger charge is -2.23. The van der Waals surface area contributed by atoms with Crippen LogP contribution in [0.2, 0.25) is 0 Å². The Bertz CT molecular complexity index is 395. The van der Waals surface area contributed by atoms with Crippen LogP contribution in [0.4, 0.5) is 5.88 Å². The van der Waals surface area contributed by atoms with Crippen molar-refractivity contribution in [2.24, 2.45) is 5.10 Å². The van der Waals surface area contributed by atoms with Crippen molar-refractivity contribution in [1.29, 1.82) is 0 Å². The van der Waals surface area contributed by atoms with Gasteiger partial charge in [0.2, 0.25) is 0 Å². The van der Waals surface area contributed by atoms with E-state index in [2.05, 4.69) is 5.10 Å². The minimum Gasteiger partial charge on any atom is -0.400 e. The molecule has 0 spiro atoms. The number of hydrazone groups is 1. The van der Waals surface area contributed by atoms with E-state index >= 15 is 0 Å². The van der Waals surface area contributed by atoms with Crippen molar-refractivity contribution in [2.45, 2.75) is 0 Å². The Morgan fingerprint density at radius 3 is 2.81 bits per heavy atom. The molecule has 7 nitrogen and oxygen atoms in total. The van der Waals surface area contributed by atoms with Crippen LogP contribution in [0.5, 0.6) is 0 Å². The summed E-state index contributed by atoms with van der Waals surface area (Å²) in [5, 5.41) is 16.3. The SMILES string of the molecule is O=[N+]([O-])c1ccc(C=NN2CCOCC2)o1. The van der Waals surface area contributed by atoms with Crippen molar-refractivity contribution in [2.75, 3.05) is 26.3 Å². The van der Waals surface area contributed by atoms with E-state index in [1.807, 2.05) is 5.01 Å². The smallest absolute Gasteiger partial charge is 0.400 e. The van der Waals surface area contributed by atoms with E-state index in [9.17, 15) is 10.1 Å². The van der Waals surface area contributed by atoms with Crippen molar-refractivity contribution < 1.29 is 14.1 Å². The van der Waals surface area contributed by atoms with Crippen LogP contribution in [-0.2, 0) is 4.74 Å². The van der Waals surface area contributed by atoms with Gasteiger partial charge < -0.3 is 9.15 Å². The Hall–Kier alpha value is -1.89. The normalized spacial score (nSPS) is 16.9. The molecule has 0 saturated carbocycles. The van der Waals surface area contributed by atoms with E-state index in [0.717, 1.165) is 13.1 Å². The van der Waals surface area contributed by atoms with Crippen LogP contribution in [0.15, 0.2) is 21.7 Å². The van der Waals surface area contributed by atoms with Gasteiger partial charge in [-0.1, -0.05) is 0 Å². The van der Waals surface area contributed by atoms with Gasteiger partial charge in [-0.2, -0.15) is 5.10 Å². The molecule has 0 aliphatic carbocycles. The second-order valence-electron chi connectivity index (χ2n) is 3.24. The highest BCUT2D eigenvalue weighted by Gasteiger charge is 2.11. The molecule has 1 saturated heterocycles. The van der Waals surface area contributed by atoms with E-state index < -0.39 is 4.92 Å². The monoisotopic (exact) mass is 225 g/mol. The highest BCUT2D eigenvalue weighted by atomic mass is 16.6. The summed E-state index contributed by atoms with van der Waals surface area (Å²) in [6.07, 6.45) is 1.47. The topological polar surface area (TPSA) is 81.1 Å². The molecule has 1 aliphatic rings. The molecule has 0 atom stereocenters. The van der Waals surface area contributed by atoms with E-state index in [0.29, 0.717) is 19.0 Å². The largest absolute Gasteiger partial charge is 0.433 e. The lowest BCUT2D eigenvalue weighted by Crippen LogP contribution is -2.32. The summed E-state index contributed by atoms with van der Waals surface area (Å²) in [6.45, 7) is 2.74. The van der Waals surface area contributed by atoms with Crippen LogP contribution in [-0.4, -0.2) is 42.5 Å². The standard InChI is InChI=1S/C9H11N3O4/c13-12(14)9-2-1-8(16-9)7-10-11-3-5-15-6-4-11/h1-2,7H,3-6H2. The summed E-state index contributed by atoms with van der Waals surface area (Å²) in [7, 11) is 0. The van der Waals surface area contributed by atoms with Gasteiger partial charge in [0.05, 0.1) is 38.6 Å². The highest BCUT2D eigenvalue weighted by Crippen LogP contribution is 2.14. The average molecular weight is 225 g/mol. The Labute approximate surface area is 91.4 Å². The molecule has 0 aromatic carbocycles. The molecule has 86 valence electrons. The molecule has 0 radical (unpaired) electrons. The number of hydrogen-bond donors (Lipinski definition) is 0. The van der Waals surface area contributed by atoms with Crippen molar-refractivity contribution in [1.82, 2.24) is 5.01 Å². The minimum atomic E-state index is -0.577. The lowest BCUT2D eigenvalue weighted by molar-refractivity contribution is -0.402. The summed E-state index contributed by atoms with van der Waals surface area (Å²) >= 11 is 0. The molecule has 2 heterocycles. The molecule has 0 amide bonds. The summed E-state index contributed by atoms with van der Waals surface area (Å²) in [5.41, 5.74) is 0. The van der Waals surface area contributed by atoms with Crippen LogP contribution < -0.4 is 0 Å². The van der Waals surface area contributed by atoms with E-state index in [1.54, 1.807) is 0 Å². The molecule has 1 aliphatic heterocycles. The maximum Gasteiger partial charge on any atom is 0.433 e. The molecule has 0 unspecified atom stereocenters. The van der Waals surface area contributed by atoms with Gasteiger partial charge in [0.1, 0.15) is 4.92 Å².